The number of anilines is 2. The van der Waals surface area contributed by atoms with E-state index in [2.05, 4.69) is 20.0 Å². The number of ether oxygens (including phenoxy) is 1. The summed E-state index contributed by atoms with van der Waals surface area (Å²) in [5.74, 6) is 0.812. The highest BCUT2D eigenvalue weighted by molar-refractivity contribution is 5.71. The molecule has 6 rings (SSSR count). The normalized spacial score (nSPS) is 22.4. The van der Waals surface area contributed by atoms with Gasteiger partial charge in [0, 0.05) is 50.1 Å². The maximum absolute atomic E-state index is 13.0. The van der Waals surface area contributed by atoms with Gasteiger partial charge in [0.15, 0.2) is 5.65 Å². The van der Waals surface area contributed by atoms with Crippen LogP contribution in [-0.2, 0) is 17.5 Å². The molecule has 1 atom stereocenters. The predicted molar refractivity (Wildman–Crippen MR) is 110 cm³/mol. The number of rotatable bonds is 4. The molecule has 3 aromatic heterocycles. The fourth-order valence-electron chi connectivity index (χ4n) is 4.85. The van der Waals surface area contributed by atoms with Gasteiger partial charge in [-0.2, -0.15) is 18.3 Å². The number of fused-ring (bicyclic) bond motifs is 1. The molecule has 0 aliphatic carbocycles. The lowest BCUT2D eigenvalue weighted by Gasteiger charge is -2.49. The maximum atomic E-state index is 13.0. The van der Waals surface area contributed by atoms with Gasteiger partial charge in [-0.1, -0.05) is 0 Å². The van der Waals surface area contributed by atoms with Crippen LogP contribution in [0.25, 0.3) is 11.2 Å². The summed E-state index contributed by atoms with van der Waals surface area (Å²) in [7, 11) is 0. The first-order valence-corrected chi connectivity index (χ1v) is 10.7. The minimum absolute atomic E-state index is 0.0539. The molecule has 8 nitrogen and oxygen atoms in total. The molecular formula is C21H22F3N7O. The van der Waals surface area contributed by atoms with Gasteiger partial charge >= 0.3 is 6.18 Å². The van der Waals surface area contributed by atoms with Gasteiger partial charge in [-0.05, 0) is 25.0 Å². The molecule has 3 aromatic rings. The Balaban J connectivity index is 1.15. The van der Waals surface area contributed by atoms with Crippen molar-refractivity contribution in [3.63, 3.8) is 0 Å². The second-order valence-corrected chi connectivity index (χ2v) is 8.97. The van der Waals surface area contributed by atoms with Crippen molar-refractivity contribution in [2.24, 2.45) is 5.41 Å². The second kappa shape index (κ2) is 7.03. The molecule has 0 unspecified atom stereocenters. The predicted octanol–water partition coefficient (Wildman–Crippen LogP) is 2.75. The molecule has 3 aliphatic rings. The van der Waals surface area contributed by atoms with E-state index in [1.165, 1.54) is 6.20 Å². The van der Waals surface area contributed by atoms with Crippen LogP contribution in [0.5, 0.6) is 0 Å². The lowest BCUT2D eigenvalue weighted by atomic mass is 9.79. The highest BCUT2D eigenvalue weighted by atomic mass is 19.4. The largest absolute Gasteiger partial charge is 0.433 e. The summed E-state index contributed by atoms with van der Waals surface area (Å²) in [6, 6.07) is 2.77. The van der Waals surface area contributed by atoms with Crippen LogP contribution in [0.3, 0.4) is 0 Å². The Kier molecular flexibility index (Phi) is 4.33. The van der Waals surface area contributed by atoms with Crippen LogP contribution >= 0.6 is 0 Å². The van der Waals surface area contributed by atoms with E-state index in [9.17, 15) is 13.2 Å². The summed E-state index contributed by atoms with van der Waals surface area (Å²) in [6.07, 6.45) is 2.48. The average molecular weight is 445 g/mol. The van der Waals surface area contributed by atoms with Crippen LogP contribution in [0.15, 0.2) is 30.7 Å². The molecule has 32 heavy (non-hydrogen) atoms. The van der Waals surface area contributed by atoms with Gasteiger partial charge in [0.05, 0.1) is 25.0 Å². The molecule has 0 amide bonds. The smallest absolute Gasteiger partial charge is 0.376 e. The maximum Gasteiger partial charge on any atom is 0.433 e. The van der Waals surface area contributed by atoms with Crippen LogP contribution in [0.2, 0.25) is 0 Å². The van der Waals surface area contributed by atoms with Crippen molar-refractivity contribution in [3.05, 3.63) is 36.4 Å². The third-order valence-electron chi connectivity index (χ3n) is 6.72. The first-order chi connectivity index (χ1) is 15.4. The van der Waals surface area contributed by atoms with Crippen molar-refractivity contribution in [3.8, 4) is 0 Å². The van der Waals surface area contributed by atoms with E-state index >= 15 is 0 Å². The zero-order valence-electron chi connectivity index (χ0n) is 17.3. The highest BCUT2D eigenvalue weighted by Crippen LogP contribution is 2.43. The molecule has 3 fully saturated rings. The summed E-state index contributed by atoms with van der Waals surface area (Å²) < 4.78 is 46.3. The van der Waals surface area contributed by atoms with Gasteiger partial charge < -0.3 is 14.5 Å². The summed E-state index contributed by atoms with van der Waals surface area (Å²) in [6.45, 7) is 4.56. The fourth-order valence-corrected chi connectivity index (χ4v) is 4.85. The quantitative estimate of drug-likeness (QED) is 0.612. The first kappa shape index (κ1) is 19.7. The number of hydrogen-bond donors (Lipinski definition) is 0. The van der Waals surface area contributed by atoms with E-state index in [1.54, 1.807) is 18.5 Å². The van der Waals surface area contributed by atoms with Crippen LogP contribution < -0.4 is 9.80 Å². The van der Waals surface area contributed by atoms with Crippen molar-refractivity contribution in [1.82, 2.24) is 24.7 Å². The Hall–Kier alpha value is -2.95. The molecule has 3 saturated heterocycles. The van der Waals surface area contributed by atoms with Gasteiger partial charge in [0.1, 0.15) is 17.0 Å². The summed E-state index contributed by atoms with van der Waals surface area (Å²) in [4.78, 5) is 17.0. The number of aromatic nitrogens is 5. The standard InChI is InChI=1S/C21H22F3N7O/c22-21(23,24)17-7-14(1-4-25-17)30-12-20(13-30)3-5-29(11-20)18-9-26-16-8-27-31(19(16)28-18)10-15-2-6-32-15/h1,4,7-9,15H,2-3,5-6,10-13H2/t15-/m1/s1. The van der Waals surface area contributed by atoms with E-state index in [0.29, 0.717) is 12.2 Å². The summed E-state index contributed by atoms with van der Waals surface area (Å²) in [5, 5.41) is 4.41. The van der Waals surface area contributed by atoms with Crippen molar-refractivity contribution < 1.29 is 17.9 Å². The Morgan fingerprint density at radius 2 is 1.94 bits per heavy atom. The van der Waals surface area contributed by atoms with E-state index in [-0.39, 0.29) is 11.5 Å². The number of nitrogens with zero attached hydrogens (tertiary/aromatic N) is 7. The van der Waals surface area contributed by atoms with Gasteiger partial charge in [0.25, 0.3) is 0 Å². The van der Waals surface area contributed by atoms with Gasteiger partial charge in [-0.3, -0.25) is 4.98 Å². The topological polar surface area (TPSA) is 72.2 Å². The highest BCUT2D eigenvalue weighted by Gasteiger charge is 2.48. The number of halogens is 3. The van der Waals surface area contributed by atoms with Crippen LogP contribution in [0.4, 0.5) is 24.7 Å². The van der Waals surface area contributed by atoms with Gasteiger partial charge in [0.2, 0.25) is 0 Å². The monoisotopic (exact) mass is 445 g/mol. The molecule has 3 aliphatic heterocycles. The molecule has 0 bridgehead atoms. The molecule has 168 valence electrons. The number of pyridine rings is 1. The van der Waals surface area contributed by atoms with Gasteiger partial charge in [-0.25, -0.2) is 14.6 Å². The van der Waals surface area contributed by atoms with Crippen molar-refractivity contribution in [2.75, 3.05) is 42.6 Å². The molecule has 1 spiro atoms. The Morgan fingerprint density at radius 1 is 1.12 bits per heavy atom. The second-order valence-electron chi connectivity index (χ2n) is 8.97. The molecule has 6 heterocycles. The molecule has 11 heteroatoms. The van der Waals surface area contributed by atoms with Crippen molar-refractivity contribution in [2.45, 2.75) is 31.7 Å². The lowest BCUT2D eigenvalue weighted by Crippen LogP contribution is -2.57. The average Bonchev–Trinajstić information content (AvgIpc) is 3.33. The van der Waals surface area contributed by atoms with Crippen LogP contribution in [0.1, 0.15) is 18.5 Å². The Labute approximate surface area is 182 Å². The molecule has 0 N–H and O–H groups in total. The van der Waals surface area contributed by atoms with Crippen molar-refractivity contribution in [1.29, 1.82) is 0 Å². The fraction of sp³-hybridized carbons (Fsp3) is 0.524. The summed E-state index contributed by atoms with van der Waals surface area (Å²) >= 11 is 0. The lowest BCUT2D eigenvalue weighted by molar-refractivity contribution is -0.141. The van der Waals surface area contributed by atoms with E-state index in [4.69, 9.17) is 9.72 Å². The van der Waals surface area contributed by atoms with Crippen molar-refractivity contribution >= 4 is 22.7 Å². The number of hydrogen-bond acceptors (Lipinski definition) is 7. The molecule has 0 radical (unpaired) electrons. The molecule has 0 aromatic carbocycles. The number of alkyl halides is 3. The first-order valence-electron chi connectivity index (χ1n) is 10.7. The van der Waals surface area contributed by atoms with E-state index in [1.807, 2.05) is 9.58 Å². The SMILES string of the molecule is FC(F)(F)c1cc(N2CC3(CCN(c4cnc5cnn(C[C@H]6CCO6)c5n4)C3)C2)ccn1. The molecule has 0 saturated carbocycles. The zero-order valence-corrected chi connectivity index (χ0v) is 17.3. The minimum Gasteiger partial charge on any atom is -0.376 e. The minimum atomic E-state index is -4.43. The van der Waals surface area contributed by atoms with Crippen LogP contribution in [0, 0.1) is 5.41 Å². The van der Waals surface area contributed by atoms with Crippen LogP contribution in [-0.4, -0.2) is 63.6 Å². The third-order valence-corrected chi connectivity index (χ3v) is 6.72. The van der Waals surface area contributed by atoms with E-state index in [0.717, 1.165) is 68.7 Å². The Bertz CT molecular complexity index is 1150. The third kappa shape index (κ3) is 3.35. The molecular weight excluding hydrogens is 423 g/mol. The zero-order chi connectivity index (χ0) is 21.9. The van der Waals surface area contributed by atoms with Gasteiger partial charge in [-0.15, -0.1) is 0 Å². The summed E-state index contributed by atoms with van der Waals surface area (Å²) in [5.41, 5.74) is 1.29. The van der Waals surface area contributed by atoms with E-state index < -0.39 is 11.9 Å². The Morgan fingerprint density at radius 3 is 2.69 bits per heavy atom.